The third-order valence-electron chi connectivity index (χ3n) is 3.61. The van der Waals surface area contributed by atoms with Gasteiger partial charge in [-0.15, -0.1) is 0 Å². The molecule has 2 N–H and O–H groups in total. The molecule has 1 aliphatic rings. The zero-order valence-corrected chi connectivity index (χ0v) is 11.1. The van der Waals surface area contributed by atoms with Crippen molar-refractivity contribution in [2.75, 3.05) is 20.2 Å². The van der Waals surface area contributed by atoms with Crippen molar-refractivity contribution in [2.24, 2.45) is 0 Å². The first-order valence-electron chi connectivity index (χ1n) is 6.27. The standard InChI is InChI=1S/C13H13F2N3O3/c1-21-8-4-2-3-7-9(8)16-17-10(7)11(19)18-5-13(20,6-18)12(14)15/h2-4,12,20H,5-6H2,1H3,(H,16,17). The summed E-state index contributed by atoms with van der Waals surface area (Å²) in [6.45, 7) is -0.802. The Hall–Kier alpha value is -2.22. The molecule has 1 fully saturated rings. The van der Waals surface area contributed by atoms with Crippen LogP contribution in [0.4, 0.5) is 8.78 Å². The molecular formula is C13H13F2N3O3. The summed E-state index contributed by atoms with van der Waals surface area (Å²) in [5.41, 5.74) is -1.42. The van der Waals surface area contributed by atoms with Crippen molar-refractivity contribution in [2.45, 2.75) is 12.0 Å². The number of ether oxygens (including phenoxy) is 1. The lowest BCUT2D eigenvalue weighted by molar-refractivity contribution is -0.166. The van der Waals surface area contributed by atoms with Crippen molar-refractivity contribution in [3.05, 3.63) is 23.9 Å². The molecule has 0 saturated carbocycles. The van der Waals surface area contributed by atoms with Crippen LogP contribution in [0.3, 0.4) is 0 Å². The van der Waals surface area contributed by atoms with E-state index in [2.05, 4.69) is 10.2 Å². The minimum Gasteiger partial charge on any atom is -0.494 e. The van der Waals surface area contributed by atoms with E-state index in [9.17, 15) is 18.7 Å². The number of carbonyl (C=O) groups excluding carboxylic acids is 1. The summed E-state index contributed by atoms with van der Waals surface area (Å²) in [6.07, 6.45) is -2.88. The van der Waals surface area contributed by atoms with Crippen LogP contribution in [0, 0.1) is 0 Å². The zero-order valence-electron chi connectivity index (χ0n) is 11.1. The van der Waals surface area contributed by atoms with Crippen LogP contribution in [0.15, 0.2) is 18.2 Å². The van der Waals surface area contributed by atoms with Gasteiger partial charge in [0, 0.05) is 5.39 Å². The molecule has 2 heterocycles. The van der Waals surface area contributed by atoms with Gasteiger partial charge in [0.25, 0.3) is 12.3 Å². The van der Waals surface area contributed by atoms with Gasteiger partial charge in [-0.3, -0.25) is 9.89 Å². The van der Waals surface area contributed by atoms with Gasteiger partial charge in [0.1, 0.15) is 11.3 Å². The van der Waals surface area contributed by atoms with E-state index in [1.54, 1.807) is 18.2 Å². The van der Waals surface area contributed by atoms with Gasteiger partial charge in [-0.1, -0.05) is 12.1 Å². The van der Waals surface area contributed by atoms with E-state index in [1.807, 2.05) is 0 Å². The van der Waals surface area contributed by atoms with E-state index in [0.717, 1.165) is 4.90 Å². The Morgan fingerprint density at radius 3 is 2.86 bits per heavy atom. The minimum absolute atomic E-state index is 0.125. The van der Waals surface area contributed by atoms with E-state index >= 15 is 0 Å². The maximum Gasteiger partial charge on any atom is 0.275 e. The van der Waals surface area contributed by atoms with Crippen LogP contribution in [-0.2, 0) is 0 Å². The number of hydrogen-bond donors (Lipinski definition) is 2. The Morgan fingerprint density at radius 2 is 2.24 bits per heavy atom. The van der Waals surface area contributed by atoms with E-state index in [-0.39, 0.29) is 5.69 Å². The summed E-state index contributed by atoms with van der Waals surface area (Å²) in [6, 6.07) is 5.11. The molecule has 0 unspecified atom stereocenters. The number of amides is 1. The second-order valence-electron chi connectivity index (χ2n) is 5.02. The van der Waals surface area contributed by atoms with Crippen LogP contribution >= 0.6 is 0 Å². The van der Waals surface area contributed by atoms with Crippen LogP contribution in [0.2, 0.25) is 0 Å². The predicted octanol–water partition coefficient (Wildman–Crippen LogP) is 1.02. The van der Waals surface area contributed by atoms with Gasteiger partial charge in [-0.25, -0.2) is 8.78 Å². The first-order chi connectivity index (χ1) is 9.96. The van der Waals surface area contributed by atoms with Gasteiger partial charge in [-0.2, -0.15) is 5.10 Å². The van der Waals surface area contributed by atoms with E-state index in [1.165, 1.54) is 7.11 Å². The molecule has 1 aromatic carbocycles. The van der Waals surface area contributed by atoms with Gasteiger partial charge < -0.3 is 14.7 Å². The molecule has 0 radical (unpaired) electrons. The molecular weight excluding hydrogens is 284 g/mol. The number of benzene rings is 1. The first-order valence-corrected chi connectivity index (χ1v) is 6.27. The number of aliphatic hydroxyl groups is 1. The highest BCUT2D eigenvalue weighted by Gasteiger charge is 2.51. The van der Waals surface area contributed by atoms with Crippen LogP contribution in [0.1, 0.15) is 10.5 Å². The SMILES string of the molecule is COc1cccc2c(C(=O)N3CC(O)(C(F)F)C3)n[nH]c12. The Morgan fingerprint density at radius 1 is 1.52 bits per heavy atom. The molecule has 21 heavy (non-hydrogen) atoms. The predicted molar refractivity (Wildman–Crippen MR) is 69.5 cm³/mol. The third kappa shape index (κ3) is 2.02. The molecule has 1 aliphatic heterocycles. The van der Waals surface area contributed by atoms with E-state index in [0.29, 0.717) is 16.7 Å². The maximum absolute atomic E-state index is 12.6. The Labute approximate surface area is 118 Å². The highest BCUT2D eigenvalue weighted by atomic mass is 19.3. The number of methoxy groups -OCH3 is 1. The lowest BCUT2D eigenvalue weighted by Gasteiger charge is -2.45. The van der Waals surface area contributed by atoms with Gasteiger partial charge in [0.2, 0.25) is 0 Å². The van der Waals surface area contributed by atoms with Crippen molar-refractivity contribution >= 4 is 16.8 Å². The monoisotopic (exact) mass is 297 g/mol. The van der Waals surface area contributed by atoms with Gasteiger partial charge >= 0.3 is 0 Å². The molecule has 1 saturated heterocycles. The highest BCUT2D eigenvalue weighted by molar-refractivity contribution is 6.06. The molecule has 3 rings (SSSR count). The largest absolute Gasteiger partial charge is 0.494 e. The number of aromatic nitrogens is 2. The molecule has 6 nitrogen and oxygen atoms in total. The van der Waals surface area contributed by atoms with Gasteiger partial charge in [0.15, 0.2) is 11.3 Å². The molecule has 2 aromatic rings. The van der Waals surface area contributed by atoms with Crippen molar-refractivity contribution in [3.63, 3.8) is 0 Å². The molecule has 0 spiro atoms. The summed E-state index contributed by atoms with van der Waals surface area (Å²) in [5.74, 6) is 0.0339. The topological polar surface area (TPSA) is 78.4 Å². The first kappa shape index (κ1) is 13.7. The summed E-state index contributed by atoms with van der Waals surface area (Å²) in [5, 5.41) is 16.7. The molecule has 0 aliphatic carbocycles. The fraction of sp³-hybridized carbons (Fsp3) is 0.385. The van der Waals surface area contributed by atoms with Gasteiger partial charge in [0.05, 0.1) is 20.2 Å². The van der Waals surface area contributed by atoms with Crippen molar-refractivity contribution < 1.29 is 23.4 Å². The molecule has 0 bridgehead atoms. The highest BCUT2D eigenvalue weighted by Crippen LogP contribution is 2.31. The molecule has 8 heteroatoms. The Kier molecular flexibility index (Phi) is 3.05. The third-order valence-corrected chi connectivity index (χ3v) is 3.61. The molecule has 1 amide bonds. The van der Waals surface area contributed by atoms with Crippen molar-refractivity contribution in [1.29, 1.82) is 0 Å². The molecule has 1 aromatic heterocycles. The Balaban J connectivity index is 1.87. The number of nitrogens with one attached hydrogen (secondary N) is 1. The average molecular weight is 297 g/mol. The maximum atomic E-state index is 12.6. The number of likely N-dealkylation sites (tertiary alicyclic amines) is 1. The second-order valence-corrected chi connectivity index (χ2v) is 5.02. The fourth-order valence-corrected chi connectivity index (χ4v) is 2.40. The summed E-state index contributed by atoms with van der Waals surface area (Å²) >= 11 is 0. The van der Waals surface area contributed by atoms with Crippen molar-refractivity contribution in [3.8, 4) is 5.75 Å². The quantitative estimate of drug-likeness (QED) is 0.886. The fourth-order valence-electron chi connectivity index (χ4n) is 2.40. The number of H-pyrrole nitrogens is 1. The number of fused-ring (bicyclic) bond motifs is 1. The number of rotatable bonds is 3. The molecule has 0 atom stereocenters. The zero-order chi connectivity index (χ0) is 15.2. The number of β-amino-alcohol motifs (C(OH)–C–C–N with tert-alkyl or cyclic N) is 1. The number of carbonyl (C=O) groups is 1. The number of hydrogen-bond acceptors (Lipinski definition) is 4. The Bertz CT molecular complexity index is 695. The normalized spacial score (nSPS) is 17.1. The number of nitrogens with zero attached hydrogens (tertiary/aromatic N) is 2. The smallest absolute Gasteiger partial charge is 0.275 e. The van der Waals surface area contributed by atoms with Gasteiger partial charge in [-0.05, 0) is 6.07 Å². The number of halogens is 2. The number of alkyl halides is 2. The number of para-hydroxylation sites is 1. The molecule has 112 valence electrons. The minimum atomic E-state index is -2.88. The van der Waals surface area contributed by atoms with Crippen molar-refractivity contribution in [1.82, 2.24) is 15.1 Å². The second kappa shape index (κ2) is 4.66. The number of aromatic amines is 1. The summed E-state index contributed by atoms with van der Waals surface area (Å²) in [4.78, 5) is 13.4. The average Bonchev–Trinajstić information content (AvgIpc) is 2.86. The summed E-state index contributed by atoms with van der Waals surface area (Å²) in [7, 11) is 1.50. The summed E-state index contributed by atoms with van der Waals surface area (Å²) < 4.78 is 30.3. The lowest BCUT2D eigenvalue weighted by atomic mass is 9.94. The van der Waals surface area contributed by atoms with E-state index < -0.39 is 31.0 Å². The van der Waals surface area contributed by atoms with E-state index in [4.69, 9.17) is 4.74 Å². The van der Waals surface area contributed by atoms with Crippen LogP contribution in [0.25, 0.3) is 10.9 Å². The van der Waals surface area contributed by atoms with Crippen LogP contribution < -0.4 is 4.74 Å². The lowest BCUT2D eigenvalue weighted by Crippen LogP contribution is -2.67. The van der Waals surface area contributed by atoms with Crippen LogP contribution in [0.5, 0.6) is 5.75 Å². The van der Waals surface area contributed by atoms with Crippen LogP contribution in [-0.4, -0.2) is 58.3 Å².